The summed E-state index contributed by atoms with van der Waals surface area (Å²) >= 11 is 6.08. The minimum Gasteiger partial charge on any atom is -0.381 e. The standard InChI is InChI=1S/C17H23ClN2O3/c1-12-2-3-13(10-14(12)18)4-5-15(21)20-11-17(16(19)22)6-8-23-9-7-17/h2-3,10H,4-9,11H2,1H3,(H2,19,22)(H,20,21). The average molecular weight is 339 g/mol. The quantitative estimate of drug-likeness (QED) is 0.832. The normalized spacial score (nSPS) is 16.8. The molecule has 5 nitrogen and oxygen atoms in total. The molecule has 0 unspecified atom stereocenters. The smallest absolute Gasteiger partial charge is 0.225 e. The summed E-state index contributed by atoms with van der Waals surface area (Å²) in [5.74, 6) is -0.458. The van der Waals surface area contributed by atoms with E-state index in [1.807, 2.05) is 25.1 Å². The monoisotopic (exact) mass is 338 g/mol. The summed E-state index contributed by atoms with van der Waals surface area (Å²) in [6.45, 7) is 3.22. The first-order valence-corrected chi connectivity index (χ1v) is 8.20. The lowest BCUT2D eigenvalue weighted by Crippen LogP contribution is -2.49. The number of amides is 2. The zero-order chi connectivity index (χ0) is 16.9. The third-order valence-electron chi connectivity index (χ3n) is 4.47. The fourth-order valence-corrected chi connectivity index (χ4v) is 2.88. The molecule has 3 N–H and O–H groups in total. The number of aryl methyl sites for hydroxylation is 2. The Kier molecular flexibility index (Phi) is 6.02. The van der Waals surface area contributed by atoms with Crippen molar-refractivity contribution in [2.24, 2.45) is 11.1 Å². The molecule has 2 amide bonds. The molecule has 0 bridgehead atoms. The first kappa shape index (κ1) is 17.8. The summed E-state index contributed by atoms with van der Waals surface area (Å²) in [6.07, 6.45) is 2.07. The fourth-order valence-electron chi connectivity index (χ4n) is 2.68. The predicted molar refractivity (Wildman–Crippen MR) is 89.2 cm³/mol. The van der Waals surface area contributed by atoms with Crippen molar-refractivity contribution < 1.29 is 14.3 Å². The van der Waals surface area contributed by atoms with Gasteiger partial charge in [-0.1, -0.05) is 23.7 Å². The summed E-state index contributed by atoms with van der Waals surface area (Å²) < 4.78 is 5.27. The lowest BCUT2D eigenvalue weighted by atomic mass is 9.79. The van der Waals surface area contributed by atoms with E-state index in [0.29, 0.717) is 43.9 Å². The molecule has 1 fully saturated rings. The van der Waals surface area contributed by atoms with Crippen LogP contribution in [-0.4, -0.2) is 31.6 Å². The molecule has 0 spiro atoms. The molecule has 1 aliphatic rings. The van der Waals surface area contributed by atoms with Crippen LogP contribution in [0.5, 0.6) is 0 Å². The van der Waals surface area contributed by atoms with E-state index >= 15 is 0 Å². The van der Waals surface area contributed by atoms with Crippen LogP contribution in [0.1, 0.15) is 30.4 Å². The number of carbonyl (C=O) groups excluding carboxylic acids is 2. The molecular weight excluding hydrogens is 316 g/mol. The van der Waals surface area contributed by atoms with Gasteiger partial charge in [-0.25, -0.2) is 0 Å². The lowest BCUT2D eigenvalue weighted by Gasteiger charge is -2.34. The van der Waals surface area contributed by atoms with Crippen LogP contribution in [0.15, 0.2) is 18.2 Å². The number of hydrogen-bond acceptors (Lipinski definition) is 3. The maximum atomic E-state index is 12.0. The minimum atomic E-state index is -0.679. The number of carbonyl (C=O) groups is 2. The third-order valence-corrected chi connectivity index (χ3v) is 4.88. The second-order valence-corrected chi connectivity index (χ2v) is 6.52. The predicted octanol–water partition coefficient (Wildman–Crippen LogP) is 1.98. The van der Waals surface area contributed by atoms with Gasteiger partial charge in [0.1, 0.15) is 0 Å². The molecule has 1 heterocycles. The zero-order valence-electron chi connectivity index (χ0n) is 13.4. The number of benzene rings is 1. The second-order valence-electron chi connectivity index (χ2n) is 6.12. The fraction of sp³-hybridized carbons (Fsp3) is 0.529. The van der Waals surface area contributed by atoms with Gasteiger partial charge in [0, 0.05) is 31.2 Å². The topological polar surface area (TPSA) is 81.4 Å². The lowest BCUT2D eigenvalue weighted by molar-refractivity contribution is -0.134. The summed E-state index contributed by atoms with van der Waals surface area (Å²) in [4.78, 5) is 23.8. The molecule has 23 heavy (non-hydrogen) atoms. The molecular formula is C17H23ClN2O3. The zero-order valence-corrected chi connectivity index (χ0v) is 14.1. The molecule has 6 heteroatoms. The van der Waals surface area contributed by atoms with Crippen molar-refractivity contribution in [2.75, 3.05) is 19.8 Å². The number of rotatable bonds is 6. The molecule has 0 aromatic heterocycles. The van der Waals surface area contributed by atoms with Gasteiger partial charge in [-0.2, -0.15) is 0 Å². The van der Waals surface area contributed by atoms with Gasteiger partial charge in [0.2, 0.25) is 11.8 Å². The van der Waals surface area contributed by atoms with Crippen LogP contribution in [0, 0.1) is 12.3 Å². The molecule has 1 saturated heterocycles. The number of ether oxygens (including phenoxy) is 1. The Bertz CT molecular complexity index is 583. The highest BCUT2D eigenvalue weighted by atomic mass is 35.5. The van der Waals surface area contributed by atoms with Crippen LogP contribution in [0.25, 0.3) is 0 Å². The molecule has 1 aromatic carbocycles. The Morgan fingerprint density at radius 1 is 1.35 bits per heavy atom. The summed E-state index contributed by atoms with van der Waals surface area (Å²) in [7, 11) is 0. The van der Waals surface area contributed by atoms with Gasteiger partial charge in [0.05, 0.1) is 5.41 Å². The van der Waals surface area contributed by atoms with Crippen LogP contribution < -0.4 is 11.1 Å². The largest absolute Gasteiger partial charge is 0.381 e. The Morgan fingerprint density at radius 2 is 2.04 bits per heavy atom. The highest BCUT2D eigenvalue weighted by Gasteiger charge is 2.38. The van der Waals surface area contributed by atoms with Crippen molar-refractivity contribution in [3.8, 4) is 0 Å². The van der Waals surface area contributed by atoms with Crippen molar-refractivity contribution in [1.29, 1.82) is 0 Å². The van der Waals surface area contributed by atoms with Gasteiger partial charge < -0.3 is 15.8 Å². The number of nitrogens with one attached hydrogen (secondary N) is 1. The van der Waals surface area contributed by atoms with E-state index in [1.165, 1.54) is 0 Å². The Morgan fingerprint density at radius 3 is 2.65 bits per heavy atom. The van der Waals surface area contributed by atoms with Crippen molar-refractivity contribution in [2.45, 2.75) is 32.6 Å². The molecule has 0 aliphatic carbocycles. The van der Waals surface area contributed by atoms with Crippen molar-refractivity contribution in [3.63, 3.8) is 0 Å². The summed E-state index contributed by atoms with van der Waals surface area (Å²) in [5, 5.41) is 3.55. The molecule has 126 valence electrons. The van der Waals surface area contributed by atoms with E-state index in [9.17, 15) is 9.59 Å². The van der Waals surface area contributed by atoms with Gasteiger partial charge in [-0.3, -0.25) is 9.59 Å². The highest BCUT2D eigenvalue weighted by Crippen LogP contribution is 2.29. The Hall–Kier alpha value is -1.59. The maximum absolute atomic E-state index is 12.0. The van der Waals surface area contributed by atoms with E-state index in [0.717, 1.165) is 11.1 Å². The first-order chi connectivity index (χ1) is 10.9. The van der Waals surface area contributed by atoms with Gasteiger partial charge in [-0.05, 0) is 43.4 Å². The molecule has 0 atom stereocenters. The number of halogens is 1. The van der Waals surface area contributed by atoms with Crippen LogP contribution in [0.2, 0.25) is 5.02 Å². The van der Waals surface area contributed by atoms with Crippen LogP contribution in [-0.2, 0) is 20.7 Å². The number of hydrogen-bond donors (Lipinski definition) is 2. The second kappa shape index (κ2) is 7.79. The number of primary amides is 1. The molecule has 1 aromatic rings. The van der Waals surface area contributed by atoms with Gasteiger partial charge in [-0.15, -0.1) is 0 Å². The van der Waals surface area contributed by atoms with Gasteiger partial charge in [0.25, 0.3) is 0 Å². The summed E-state index contributed by atoms with van der Waals surface area (Å²) in [5.41, 5.74) is 6.88. The number of nitrogens with two attached hydrogens (primary N) is 1. The molecule has 1 aliphatic heterocycles. The summed E-state index contributed by atoms with van der Waals surface area (Å²) in [6, 6.07) is 5.80. The van der Waals surface area contributed by atoms with Gasteiger partial charge in [0.15, 0.2) is 0 Å². The van der Waals surface area contributed by atoms with Crippen LogP contribution >= 0.6 is 11.6 Å². The van der Waals surface area contributed by atoms with E-state index in [1.54, 1.807) is 0 Å². The van der Waals surface area contributed by atoms with Crippen molar-refractivity contribution >= 4 is 23.4 Å². The van der Waals surface area contributed by atoms with Crippen molar-refractivity contribution in [3.05, 3.63) is 34.3 Å². The minimum absolute atomic E-state index is 0.0891. The van der Waals surface area contributed by atoms with E-state index in [-0.39, 0.29) is 18.4 Å². The Balaban J connectivity index is 1.84. The van der Waals surface area contributed by atoms with Crippen LogP contribution in [0.4, 0.5) is 0 Å². The average Bonchev–Trinajstić information content (AvgIpc) is 2.54. The highest BCUT2D eigenvalue weighted by molar-refractivity contribution is 6.31. The molecule has 0 radical (unpaired) electrons. The maximum Gasteiger partial charge on any atom is 0.225 e. The van der Waals surface area contributed by atoms with E-state index in [2.05, 4.69) is 5.32 Å². The first-order valence-electron chi connectivity index (χ1n) is 7.82. The molecule has 0 saturated carbocycles. The van der Waals surface area contributed by atoms with E-state index in [4.69, 9.17) is 22.1 Å². The van der Waals surface area contributed by atoms with Crippen LogP contribution in [0.3, 0.4) is 0 Å². The molecule has 2 rings (SSSR count). The Labute approximate surface area is 141 Å². The van der Waals surface area contributed by atoms with Crippen molar-refractivity contribution in [1.82, 2.24) is 5.32 Å². The SMILES string of the molecule is Cc1ccc(CCC(=O)NCC2(C(N)=O)CCOCC2)cc1Cl. The van der Waals surface area contributed by atoms with E-state index < -0.39 is 5.41 Å². The third kappa shape index (κ3) is 4.69. The van der Waals surface area contributed by atoms with Gasteiger partial charge >= 0.3 is 0 Å².